The zero-order chi connectivity index (χ0) is 18.8. The number of nitro benzene ring substituents is 1. The van der Waals surface area contributed by atoms with E-state index in [4.69, 9.17) is 4.74 Å². The number of ether oxygens (including phenoxy) is 1. The molecule has 26 heavy (non-hydrogen) atoms. The molecule has 2 heterocycles. The third kappa shape index (κ3) is 3.09. The Bertz CT molecular complexity index is 1010. The number of aromatic hydroxyl groups is 1. The SMILES string of the molecule is COc1cc(/C=N/n2cnnc2-n2nc(C)cc2C)cc([N+](=O)[O-])c1O. The lowest BCUT2D eigenvalue weighted by molar-refractivity contribution is -0.386. The third-order valence-corrected chi connectivity index (χ3v) is 3.54. The van der Waals surface area contributed by atoms with E-state index >= 15 is 0 Å². The second-order valence-electron chi connectivity index (χ2n) is 5.41. The van der Waals surface area contributed by atoms with Crippen molar-refractivity contribution in [1.29, 1.82) is 0 Å². The van der Waals surface area contributed by atoms with Gasteiger partial charge in [0, 0.05) is 17.3 Å². The number of rotatable bonds is 5. The van der Waals surface area contributed by atoms with E-state index in [-0.39, 0.29) is 5.75 Å². The van der Waals surface area contributed by atoms with Crippen LogP contribution in [0.3, 0.4) is 0 Å². The zero-order valence-electron chi connectivity index (χ0n) is 14.2. The van der Waals surface area contributed by atoms with Gasteiger partial charge in [-0.25, -0.2) is 4.68 Å². The van der Waals surface area contributed by atoms with Crippen LogP contribution in [0.2, 0.25) is 0 Å². The molecule has 0 radical (unpaired) electrons. The number of aromatic nitrogens is 5. The van der Waals surface area contributed by atoms with Crippen molar-refractivity contribution in [3.63, 3.8) is 0 Å². The first-order valence-electron chi connectivity index (χ1n) is 7.44. The van der Waals surface area contributed by atoms with Gasteiger partial charge in [-0.05, 0) is 26.0 Å². The van der Waals surface area contributed by atoms with Gasteiger partial charge >= 0.3 is 5.69 Å². The molecule has 11 nitrogen and oxygen atoms in total. The van der Waals surface area contributed by atoms with Crippen LogP contribution in [-0.4, -0.2) is 48.0 Å². The predicted octanol–water partition coefficient (Wildman–Crippen LogP) is 1.59. The minimum atomic E-state index is -0.699. The van der Waals surface area contributed by atoms with Gasteiger partial charge in [-0.2, -0.15) is 14.9 Å². The predicted molar refractivity (Wildman–Crippen MR) is 90.9 cm³/mol. The molecule has 134 valence electrons. The molecular weight excluding hydrogens is 342 g/mol. The Labute approximate surface area is 147 Å². The molecule has 0 spiro atoms. The van der Waals surface area contributed by atoms with Gasteiger partial charge in [0.15, 0.2) is 5.75 Å². The molecular formula is C15H15N7O4. The van der Waals surface area contributed by atoms with Crippen LogP contribution in [0.1, 0.15) is 17.0 Å². The van der Waals surface area contributed by atoms with Crippen molar-refractivity contribution in [3.8, 4) is 17.4 Å². The maximum absolute atomic E-state index is 11.1. The number of phenols is 1. The molecule has 1 N–H and O–H groups in total. The van der Waals surface area contributed by atoms with Gasteiger partial charge in [-0.3, -0.25) is 10.1 Å². The molecule has 0 aliphatic rings. The summed E-state index contributed by atoms with van der Waals surface area (Å²) in [5.41, 5.74) is 1.56. The molecule has 3 rings (SSSR count). The molecule has 0 aliphatic carbocycles. The standard InChI is InChI=1S/C15H15N7O4/c1-9-4-10(2)21(19-9)15-18-16-8-20(15)17-7-11-5-12(22(24)25)14(23)13(6-11)26-3/h4-8,23H,1-3H3/b17-7+. The summed E-state index contributed by atoms with van der Waals surface area (Å²) < 4.78 is 7.93. The van der Waals surface area contributed by atoms with Crippen molar-refractivity contribution in [3.05, 3.63) is 51.6 Å². The van der Waals surface area contributed by atoms with Gasteiger partial charge in [0.25, 0.3) is 5.95 Å². The van der Waals surface area contributed by atoms with Crippen molar-refractivity contribution >= 4 is 11.9 Å². The van der Waals surface area contributed by atoms with E-state index in [0.717, 1.165) is 11.4 Å². The topological polar surface area (TPSA) is 133 Å². The summed E-state index contributed by atoms with van der Waals surface area (Å²) in [5.74, 6) is -0.197. The van der Waals surface area contributed by atoms with Crippen LogP contribution in [0.4, 0.5) is 5.69 Å². The number of phenolic OH excluding ortho intramolecular Hbond substituents is 1. The first-order valence-corrected chi connectivity index (χ1v) is 7.44. The Kier molecular flexibility index (Phi) is 4.35. The fourth-order valence-electron chi connectivity index (χ4n) is 2.39. The van der Waals surface area contributed by atoms with E-state index in [9.17, 15) is 15.2 Å². The number of hydrogen-bond donors (Lipinski definition) is 1. The van der Waals surface area contributed by atoms with E-state index in [0.29, 0.717) is 11.5 Å². The van der Waals surface area contributed by atoms with Gasteiger partial charge in [0.1, 0.15) is 6.33 Å². The highest BCUT2D eigenvalue weighted by Gasteiger charge is 2.19. The summed E-state index contributed by atoms with van der Waals surface area (Å²) in [6.07, 6.45) is 2.75. The Morgan fingerprint density at radius 3 is 2.73 bits per heavy atom. The summed E-state index contributed by atoms with van der Waals surface area (Å²) in [6, 6.07) is 4.50. The molecule has 0 amide bonds. The molecule has 3 aromatic rings. The summed E-state index contributed by atoms with van der Waals surface area (Å²) in [6.45, 7) is 3.73. The van der Waals surface area contributed by atoms with E-state index in [1.807, 2.05) is 19.9 Å². The van der Waals surface area contributed by atoms with Crippen LogP contribution < -0.4 is 4.74 Å². The molecule has 0 saturated carbocycles. The molecule has 11 heteroatoms. The minimum absolute atomic E-state index is 0.0248. The number of benzene rings is 1. The second-order valence-corrected chi connectivity index (χ2v) is 5.41. The normalized spacial score (nSPS) is 11.2. The fourth-order valence-corrected chi connectivity index (χ4v) is 2.39. The fraction of sp³-hybridized carbons (Fsp3) is 0.200. The van der Waals surface area contributed by atoms with Crippen LogP contribution in [0.25, 0.3) is 5.95 Å². The van der Waals surface area contributed by atoms with Gasteiger partial charge in [-0.1, -0.05) is 0 Å². The van der Waals surface area contributed by atoms with Gasteiger partial charge in [0.2, 0.25) is 5.75 Å². The smallest absolute Gasteiger partial charge is 0.315 e. The van der Waals surface area contributed by atoms with E-state index in [2.05, 4.69) is 20.4 Å². The lowest BCUT2D eigenvalue weighted by Crippen LogP contribution is -2.06. The Morgan fingerprint density at radius 1 is 1.35 bits per heavy atom. The lowest BCUT2D eigenvalue weighted by atomic mass is 10.2. The van der Waals surface area contributed by atoms with E-state index < -0.39 is 16.4 Å². The minimum Gasteiger partial charge on any atom is -0.500 e. The van der Waals surface area contributed by atoms with Crippen molar-refractivity contribution < 1.29 is 14.8 Å². The molecule has 0 bridgehead atoms. The molecule has 0 aliphatic heterocycles. The number of aryl methyl sites for hydroxylation is 2. The monoisotopic (exact) mass is 357 g/mol. The maximum Gasteiger partial charge on any atom is 0.315 e. The maximum atomic E-state index is 11.1. The zero-order valence-corrected chi connectivity index (χ0v) is 14.2. The van der Waals surface area contributed by atoms with Crippen LogP contribution in [-0.2, 0) is 0 Å². The van der Waals surface area contributed by atoms with Crippen molar-refractivity contribution in [1.82, 2.24) is 24.7 Å². The molecule has 0 unspecified atom stereocenters. The van der Waals surface area contributed by atoms with E-state index in [1.54, 1.807) is 4.68 Å². The molecule has 1 aromatic carbocycles. The highest BCUT2D eigenvalue weighted by molar-refractivity contribution is 5.83. The van der Waals surface area contributed by atoms with Gasteiger partial charge < -0.3 is 9.84 Å². The van der Waals surface area contributed by atoms with Gasteiger partial charge in [0.05, 0.1) is 23.9 Å². The van der Waals surface area contributed by atoms with Crippen LogP contribution in [0.5, 0.6) is 11.5 Å². The van der Waals surface area contributed by atoms with E-state index in [1.165, 1.54) is 36.5 Å². The largest absolute Gasteiger partial charge is 0.500 e. The first-order chi connectivity index (χ1) is 12.4. The van der Waals surface area contributed by atoms with Crippen LogP contribution in [0, 0.1) is 24.0 Å². The molecule has 0 atom stereocenters. The summed E-state index contributed by atoms with van der Waals surface area (Å²) in [4.78, 5) is 10.4. The van der Waals surface area contributed by atoms with Crippen LogP contribution in [0.15, 0.2) is 29.6 Å². The van der Waals surface area contributed by atoms with Crippen molar-refractivity contribution in [2.24, 2.45) is 5.10 Å². The highest BCUT2D eigenvalue weighted by Crippen LogP contribution is 2.36. The average molecular weight is 357 g/mol. The lowest BCUT2D eigenvalue weighted by Gasteiger charge is -2.05. The first kappa shape index (κ1) is 17.1. The number of nitro groups is 1. The van der Waals surface area contributed by atoms with Crippen molar-refractivity contribution in [2.75, 3.05) is 7.11 Å². The number of nitrogens with zero attached hydrogens (tertiary/aromatic N) is 7. The summed E-state index contributed by atoms with van der Waals surface area (Å²) in [5, 5.41) is 37.2. The molecule has 0 saturated heterocycles. The summed E-state index contributed by atoms with van der Waals surface area (Å²) in [7, 11) is 1.31. The Balaban J connectivity index is 2.00. The average Bonchev–Trinajstić information content (AvgIpc) is 3.18. The van der Waals surface area contributed by atoms with Crippen molar-refractivity contribution in [2.45, 2.75) is 13.8 Å². The molecule has 2 aromatic heterocycles. The number of hydrogen-bond acceptors (Lipinski definition) is 8. The quantitative estimate of drug-likeness (QED) is 0.416. The Hall–Kier alpha value is -3.76. The Morgan fingerprint density at radius 2 is 2.12 bits per heavy atom. The third-order valence-electron chi connectivity index (χ3n) is 3.54. The van der Waals surface area contributed by atoms with Crippen LogP contribution >= 0.6 is 0 Å². The number of methoxy groups -OCH3 is 1. The van der Waals surface area contributed by atoms with Gasteiger partial charge in [-0.15, -0.1) is 10.2 Å². The highest BCUT2D eigenvalue weighted by atomic mass is 16.6. The molecule has 0 fully saturated rings. The second kappa shape index (κ2) is 6.63. The summed E-state index contributed by atoms with van der Waals surface area (Å²) >= 11 is 0.